The molecule has 0 atom stereocenters. The van der Waals surface area contributed by atoms with Crippen molar-refractivity contribution in [2.24, 2.45) is 11.3 Å². The van der Waals surface area contributed by atoms with Crippen LogP contribution >= 0.6 is 0 Å². The molecule has 0 aliphatic heterocycles. The summed E-state index contributed by atoms with van der Waals surface area (Å²) in [6.45, 7) is 12.2. The second kappa shape index (κ2) is 4.16. The summed E-state index contributed by atoms with van der Waals surface area (Å²) in [6.07, 6.45) is 3.31. The molecule has 0 radical (unpaired) electrons. The first-order chi connectivity index (χ1) is 6.39. The van der Waals surface area contributed by atoms with E-state index in [-0.39, 0.29) is 0 Å². The van der Waals surface area contributed by atoms with Gasteiger partial charge < -0.3 is 0 Å². The number of hydrogen-bond donors (Lipinski definition) is 0. The van der Waals surface area contributed by atoms with E-state index in [1.54, 1.807) is 0 Å². The number of nitrogens with zero attached hydrogens (tertiary/aromatic N) is 2. The van der Waals surface area contributed by atoms with Crippen molar-refractivity contribution in [1.82, 2.24) is 9.78 Å². The average Bonchev–Trinajstić information content (AvgIpc) is 2.30. The Morgan fingerprint density at radius 3 is 2.50 bits per heavy atom. The lowest BCUT2D eigenvalue weighted by atomic mass is 9.84. The first kappa shape index (κ1) is 11.3. The molecule has 1 heterocycles. The zero-order valence-electron chi connectivity index (χ0n) is 10.0. The van der Waals surface area contributed by atoms with Crippen molar-refractivity contribution in [3.63, 3.8) is 0 Å². The Labute approximate surface area is 87.3 Å². The first-order valence-corrected chi connectivity index (χ1v) is 5.39. The maximum atomic E-state index is 4.42. The topological polar surface area (TPSA) is 17.8 Å². The van der Waals surface area contributed by atoms with Gasteiger partial charge in [-0.15, -0.1) is 0 Å². The normalized spacial score (nSPS) is 12.4. The SMILES string of the molecule is Cc1ccn(CC(C)(C)CC(C)C)n1. The Bertz CT molecular complexity index is 284. The van der Waals surface area contributed by atoms with E-state index in [0.717, 1.165) is 18.2 Å². The van der Waals surface area contributed by atoms with Crippen molar-refractivity contribution in [1.29, 1.82) is 0 Å². The van der Waals surface area contributed by atoms with Crippen molar-refractivity contribution in [3.05, 3.63) is 18.0 Å². The molecule has 0 spiro atoms. The molecule has 1 aromatic heterocycles. The molecule has 0 saturated carbocycles. The fourth-order valence-electron chi connectivity index (χ4n) is 2.16. The molecule has 0 bridgehead atoms. The predicted octanol–water partition coefficient (Wildman–Crippen LogP) is 3.26. The zero-order chi connectivity index (χ0) is 10.8. The minimum Gasteiger partial charge on any atom is -0.272 e. The van der Waals surface area contributed by atoms with Crippen molar-refractivity contribution in [2.45, 2.75) is 47.6 Å². The number of rotatable bonds is 4. The molecule has 2 heteroatoms. The fourth-order valence-corrected chi connectivity index (χ4v) is 2.16. The molecule has 0 unspecified atom stereocenters. The summed E-state index contributed by atoms with van der Waals surface area (Å²) in [7, 11) is 0. The van der Waals surface area contributed by atoms with Gasteiger partial charge in [0.05, 0.1) is 5.69 Å². The molecule has 80 valence electrons. The van der Waals surface area contributed by atoms with Gasteiger partial charge in [-0.2, -0.15) is 5.10 Å². The molecule has 1 rings (SSSR count). The molecule has 0 fully saturated rings. The molecule has 0 saturated heterocycles. The highest BCUT2D eigenvalue weighted by Gasteiger charge is 2.20. The molecule has 0 aliphatic rings. The van der Waals surface area contributed by atoms with Crippen LogP contribution in [0.3, 0.4) is 0 Å². The number of aromatic nitrogens is 2. The van der Waals surface area contributed by atoms with Gasteiger partial charge in [0, 0.05) is 12.7 Å². The van der Waals surface area contributed by atoms with E-state index in [9.17, 15) is 0 Å². The summed E-state index contributed by atoms with van der Waals surface area (Å²) in [6, 6.07) is 2.06. The van der Waals surface area contributed by atoms with Crippen LogP contribution in [0.2, 0.25) is 0 Å². The molecule has 0 N–H and O–H groups in total. The Hall–Kier alpha value is -0.790. The quantitative estimate of drug-likeness (QED) is 0.719. The molecule has 0 aromatic carbocycles. The maximum Gasteiger partial charge on any atom is 0.0593 e. The highest BCUT2D eigenvalue weighted by molar-refractivity contribution is 4.95. The number of hydrogen-bond acceptors (Lipinski definition) is 1. The summed E-state index contributed by atoms with van der Waals surface area (Å²) in [5, 5.41) is 4.42. The molecular weight excluding hydrogens is 172 g/mol. The van der Waals surface area contributed by atoms with E-state index in [1.807, 2.05) is 6.92 Å². The Morgan fingerprint density at radius 1 is 1.43 bits per heavy atom. The monoisotopic (exact) mass is 194 g/mol. The van der Waals surface area contributed by atoms with Gasteiger partial charge in [0.1, 0.15) is 0 Å². The van der Waals surface area contributed by atoms with Crippen LogP contribution in [-0.4, -0.2) is 9.78 Å². The summed E-state index contributed by atoms with van der Waals surface area (Å²) in [5.74, 6) is 0.752. The van der Waals surface area contributed by atoms with Crippen molar-refractivity contribution < 1.29 is 0 Å². The number of aryl methyl sites for hydroxylation is 1. The van der Waals surface area contributed by atoms with Gasteiger partial charge in [-0.3, -0.25) is 4.68 Å². The lowest BCUT2D eigenvalue weighted by Crippen LogP contribution is -2.22. The molecular formula is C12H22N2. The van der Waals surface area contributed by atoms with E-state index in [4.69, 9.17) is 0 Å². The van der Waals surface area contributed by atoms with E-state index >= 15 is 0 Å². The first-order valence-electron chi connectivity index (χ1n) is 5.39. The van der Waals surface area contributed by atoms with Crippen LogP contribution in [-0.2, 0) is 6.54 Å². The highest BCUT2D eigenvalue weighted by atomic mass is 15.3. The van der Waals surface area contributed by atoms with Crippen LogP contribution in [0, 0.1) is 18.3 Å². The van der Waals surface area contributed by atoms with Gasteiger partial charge in [-0.25, -0.2) is 0 Å². The Kier molecular flexibility index (Phi) is 3.35. The van der Waals surface area contributed by atoms with Crippen molar-refractivity contribution >= 4 is 0 Å². The molecule has 0 aliphatic carbocycles. The molecule has 1 aromatic rings. The molecule has 0 amide bonds. The van der Waals surface area contributed by atoms with Gasteiger partial charge in [-0.05, 0) is 30.7 Å². The Morgan fingerprint density at radius 2 is 2.07 bits per heavy atom. The summed E-state index contributed by atoms with van der Waals surface area (Å²) >= 11 is 0. The van der Waals surface area contributed by atoms with Crippen LogP contribution < -0.4 is 0 Å². The van der Waals surface area contributed by atoms with Crippen LogP contribution in [0.15, 0.2) is 12.3 Å². The van der Waals surface area contributed by atoms with E-state index in [2.05, 4.69) is 49.7 Å². The molecule has 14 heavy (non-hydrogen) atoms. The second-order valence-corrected chi connectivity index (χ2v) is 5.42. The van der Waals surface area contributed by atoms with Crippen molar-refractivity contribution in [3.8, 4) is 0 Å². The van der Waals surface area contributed by atoms with E-state index in [1.165, 1.54) is 6.42 Å². The third kappa shape index (κ3) is 3.52. The summed E-state index contributed by atoms with van der Waals surface area (Å²) in [5.41, 5.74) is 1.44. The van der Waals surface area contributed by atoms with E-state index in [0.29, 0.717) is 5.41 Å². The van der Waals surface area contributed by atoms with Crippen LogP contribution in [0.1, 0.15) is 39.8 Å². The molecule has 2 nitrogen and oxygen atoms in total. The smallest absolute Gasteiger partial charge is 0.0593 e. The third-order valence-corrected chi connectivity index (χ3v) is 2.32. The lowest BCUT2D eigenvalue weighted by molar-refractivity contribution is 0.235. The van der Waals surface area contributed by atoms with Gasteiger partial charge >= 0.3 is 0 Å². The minimum absolute atomic E-state index is 0.340. The standard InChI is InChI=1S/C12H22N2/c1-10(2)8-12(4,5)9-14-7-6-11(3)13-14/h6-7,10H,8-9H2,1-5H3. The van der Waals surface area contributed by atoms with Gasteiger partial charge in [0.15, 0.2) is 0 Å². The Balaban J connectivity index is 2.58. The van der Waals surface area contributed by atoms with Gasteiger partial charge in [0.25, 0.3) is 0 Å². The lowest BCUT2D eigenvalue weighted by Gasteiger charge is -2.26. The largest absolute Gasteiger partial charge is 0.272 e. The van der Waals surface area contributed by atoms with Crippen molar-refractivity contribution in [2.75, 3.05) is 0 Å². The van der Waals surface area contributed by atoms with Crippen LogP contribution in [0.5, 0.6) is 0 Å². The predicted molar refractivity (Wildman–Crippen MR) is 60.2 cm³/mol. The summed E-state index contributed by atoms with van der Waals surface area (Å²) in [4.78, 5) is 0. The van der Waals surface area contributed by atoms with Gasteiger partial charge in [0.2, 0.25) is 0 Å². The maximum absolute atomic E-state index is 4.42. The zero-order valence-corrected chi connectivity index (χ0v) is 10.0. The fraction of sp³-hybridized carbons (Fsp3) is 0.750. The van der Waals surface area contributed by atoms with E-state index < -0.39 is 0 Å². The van der Waals surface area contributed by atoms with Gasteiger partial charge in [-0.1, -0.05) is 27.7 Å². The third-order valence-electron chi connectivity index (χ3n) is 2.32. The van der Waals surface area contributed by atoms with Crippen LogP contribution in [0.4, 0.5) is 0 Å². The highest BCUT2D eigenvalue weighted by Crippen LogP contribution is 2.26. The second-order valence-electron chi connectivity index (χ2n) is 5.42. The minimum atomic E-state index is 0.340. The van der Waals surface area contributed by atoms with Crippen LogP contribution in [0.25, 0.3) is 0 Å². The summed E-state index contributed by atoms with van der Waals surface area (Å²) < 4.78 is 2.05. The average molecular weight is 194 g/mol.